The largest absolute Gasteiger partial charge is 0.389 e. The molecule has 1 saturated heterocycles. The molecule has 0 bridgehead atoms. The third kappa shape index (κ3) is 3.78. The van der Waals surface area contributed by atoms with Crippen LogP contribution in [0.1, 0.15) is 30.1 Å². The van der Waals surface area contributed by atoms with E-state index in [4.69, 9.17) is 9.26 Å². The first kappa shape index (κ1) is 14.0. The molecule has 2 heterocycles. The van der Waals surface area contributed by atoms with Gasteiger partial charge in [0.15, 0.2) is 0 Å². The van der Waals surface area contributed by atoms with E-state index < -0.39 is 6.10 Å². The fraction of sp³-hybridized carbons (Fsp3) is 0.692. The number of carbonyl (C=O) groups excluding carboxylic acids is 1. The van der Waals surface area contributed by atoms with Gasteiger partial charge in [0.05, 0.1) is 25.0 Å². The van der Waals surface area contributed by atoms with Crippen molar-refractivity contribution < 1.29 is 19.2 Å². The molecule has 1 amide bonds. The van der Waals surface area contributed by atoms with Crippen molar-refractivity contribution in [3.05, 3.63) is 17.5 Å². The van der Waals surface area contributed by atoms with Crippen LogP contribution < -0.4 is 0 Å². The summed E-state index contributed by atoms with van der Waals surface area (Å²) in [5, 5.41) is 13.5. The van der Waals surface area contributed by atoms with E-state index in [2.05, 4.69) is 19.0 Å². The minimum atomic E-state index is -0.649. The summed E-state index contributed by atoms with van der Waals surface area (Å²) in [5.74, 6) is 0.443. The Kier molecular flexibility index (Phi) is 4.55. The smallest absolute Gasteiger partial charge is 0.292 e. The minimum Gasteiger partial charge on any atom is -0.389 e. The minimum absolute atomic E-state index is 0.227. The molecule has 1 unspecified atom stereocenters. The Labute approximate surface area is 112 Å². The molecule has 0 saturated carbocycles. The second kappa shape index (κ2) is 6.16. The van der Waals surface area contributed by atoms with Gasteiger partial charge in [-0.05, 0) is 12.3 Å². The van der Waals surface area contributed by atoms with Crippen LogP contribution in [-0.4, -0.2) is 53.5 Å². The van der Waals surface area contributed by atoms with Gasteiger partial charge < -0.3 is 19.3 Å². The predicted octanol–water partition coefficient (Wildman–Crippen LogP) is 0.706. The Morgan fingerprint density at radius 3 is 3.16 bits per heavy atom. The molecule has 0 aliphatic carbocycles. The van der Waals surface area contributed by atoms with Gasteiger partial charge in [-0.1, -0.05) is 19.0 Å². The summed E-state index contributed by atoms with van der Waals surface area (Å²) in [6.45, 7) is 5.57. The summed E-state index contributed by atoms with van der Waals surface area (Å²) in [4.78, 5) is 13.8. The summed E-state index contributed by atoms with van der Waals surface area (Å²) >= 11 is 0. The number of β-amino-alcohol motifs (C(OH)–C–C–N with tert-alkyl or cyclic N) is 1. The second-order valence-electron chi connectivity index (χ2n) is 5.26. The molecule has 1 fully saturated rings. The molecule has 1 aliphatic heterocycles. The SMILES string of the molecule is CC(C)Cc1cc(C(=O)N2CCOCC(O)C2)on1. The van der Waals surface area contributed by atoms with Crippen LogP contribution in [0, 0.1) is 5.92 Å². The molecule has 19 heavy (non-hydrogen) atoms. The summed E-state index contributed by atoms with van der Waals surface area (Å²) in [6.07, 6.45) is 0.132. The van der Waals surface area contributed by atoms with Crippen molar-refractivity contribution in [3.8, 4) is 0 Å². The summed E-state index contributed by atoms with van der Waals surface area (Å²) in [6, 6.07) is 1.68. The molecular weight excluding hydrogens is 248 g/mol. The van der Waals surface area contributed by atoms with Crippen molar-refractivity contribution in [3.63, 3.8) is 0 Å². The monoisotopic (exact) mass is 268 g/mol. The fourth-order valence-electron chi connectivity index (χ4n) is 2.06. The fourth-order valence-corrected chi connectivity index (χ4v) is 2.06. The highest BCUT2D eigenvalue weighted by molar-refractivity contribution is 5.91. The molecule has 1 N–H and O–H groups in total. The molecule has 2 rings (SSSR count). The third-order valence-corrected chi connectivity index (χ3v) is 2.92. The highest BCUT2D eigenvalue weighted by Crippen LogP contribution is 2.12. The number of hydrogen-bond acceptors (Lipinski definition) is 5. The molecule has 1 aliphatic rings. The molecule has 6 nitrogen and oxygen atoms in total. The number of ether oxygens (including phenoxy) is 1. The zero-order chi connectivity index (χ0) is 13.8. The van der Waals surface area contributed by atoms with E-state index in [0.29, 0.717) is 19.1 Å². The van der Waals surface area contributed by atoms with Crippen molar-refractivity contribution in [1.82, 2.24) is 10.1 Å². The van der Waals surface area contributed by atoms with Crippen molar-refractivity contribution in [1.29, 1.82) is 0 Å². The van der Waals surface area contributed by atoms with Crippen molar-refractivity contribution in [2.45, 2.75) is 26.4 Å². The standard InChI is InChI=1S/C13H20N2O4/c1-9(2)5-10-6-12(19-14-10)13(17)15-3-4-18-8-11(16)7-15/h6,9,11,16H,3-5,7-8H2,1-2H3. The van der Waals surface area contributed by atoms with Crippen LogP contribution in [-0.2, 0) is 11.2 Å². The maximum Gasteiger partial charge on any atom is 0.292 e. The lowest BCUT2D eigenvalue weighted by Gasteiger charge is -2.19. The van der Waals surface area contributed by atoms with Gasteiger partial charge in [0.1, 0.15) is 0 Å². The zero-order valence-corrected chi connectivity index (χ0v) is 11.3. The van der Waals surface area contributed by atoms with Crippen molar-refractivity contribution in [2.75, 3.05) is 26.3 Å². The Balaban J connectivity index is 2.03. The number of hydrogen-bond donors (Lipinski definition) is 1. The lowest BCUT2D eigenvalue weighted by Crippen LogP contribution is -2.37. The van der Waals surface area contributed by atoms with E-state index in [-0.39, 0.29) is 24.8 Å². The van der Waals surface area contributed by atoms with Gasteiger partial charge in [-0.15, -0.1) is 0 Å². The number of aromatic nitrogens is 1. The first-order valence-corrected chi connectivity index (χ1v) is 6.57. The average Bonchev–Trinajstić information content (AvgIpc) is 2.68. The van der Waals surface area contributed by atoms with Gasteiger partial charge in [-0.3, -0.25) is 4.79 Å². The Bertz CT molecular complexity index is 430. The predicted molar refractivity (Wildman–Crippen MR) is 67.8 cm³/mol. The van der Waals surface area contributed by atoms with Gasteiger partial charge in [0.2, 0.25) is 5.76 Å². The maximum absolute atomic E-state index is 12.2. The molecule has 6 heteroatoms. The lowest BCUT2D eigenvalue weighted by molar-refractivity contribution is 0.0523. The zero-order valence-electron chi connectivity index (χ0n) is 11.3. The third-order valence-electron chi connectivity index (χ3n) is 2.92. The molecule has 1 aromatic rings. The quantitative estimate of drug-likeness (QED) is 0.873. The molecule has 1 atom stereocenters. The van der Waals surface area contributed by atoms with Crippen LogP contribution in [0.3, 0.4) is 0 Å². The van der Waals surface area contributed by atoms with Gasteiger partial charge in [0, 0.05) is 19.2 Å². The van der Waals surface area contributed by atoms with Crippen molar-refractivity contribution >= 4 is 5.91 Å². The van der Waals surface area contributed by atoms with Crippen molar-refractivity contribution in [2.24, 2.45) is 5.92 Å². The topological polar surface area (TPSA) is 75.8 Å². The van der Waals surface area contributed by atoms with E-state index in [1.54, 1.807) is 6.07 Å². The summed E-state index contributed by atoms with van der Waals surface area (Å²) < 4.78 is 10.3. The van der Waals surface area contributed by atoms with E-state index in [0.717, 1.165) is 12.1 Å². The summed E-state index contributed by atoms with van der Waals surface area (Å²) in [5.41, 5.74) is 0.782. The van der Waals surface area contributed by atoms with Crippen LogP contribution >= 0.6 is 0 Å². The average molecular weight is 268 g/mol. The van der Waals surface area contributed by atoms with Crippen LogP contribution in [0.15, 0.2) is 10.6 Å². The molecular formula is C13H20N2O4. The first-order valence-electron chi connectivity index (χ1n) is 6.57. The highest BCUT2D eigenvalue weighted by Gasteiger charge is 2.25. The second-order valence-corrected chi connectivity index (χ2v) is 5.26. The van der Waals surface area contributed by atoms with Gasteiger partial charge >= 0.3 is 0 Å². The maximum atomic E-state index is 12.2. The Morgan fingerprint density at radius 2 is 2.42 bits per heavy atom. The van der Waals surface area contributed by atoms with Gasteiger partial charge in [-0.25, -0.2) is 0 Å². The Hall–Kier alpha value is -1.40. The van der Waals surface area contributed by atoms with Crippen LogP contribution in [0.5, 0.6) is 0 Å². The normalized spacial score (nSPS) is 20.6. The van der Waals surface area contributed by atoms with Crippen LogP contribution in [0.25, 0.3) is 0 Å². The van der Waals surface area contributed by atoms with E-state index in [9.17, 15) is 9.90 Å². The number of carbonyl (C=O) groups is 1. The summed E-state index contributed by atoms with van der Waals surface area (Å²) in [7, 11) is 0. The van der Waals surface area contributed by atoms with Crippen LogP contribution in [0.4, 0.5) is 0 Å². The number of rotatable bonds is 3. The first-order chi connectivity index (χ1) is 9.06. The molecule has 0 radical (unpaired) electrons. The van der Waals surface area contributed by atoms with Crippen LogP contribution in [0.2, 0.25) is 0 Å². The number of aliphatic hydroxyl groups excluding tert-OH is 1. The molecule has 0 aromatic carbocycles. The number of nitrogens with zero attached hydrogens (tertiary/aromatic N) is 2. The lowest BCUT2D eigenvalue weighted by atomic mass is 10.1. The number of aliphatic hydroxyl groups is 1. The Morgan fingerprint density at radius 1 is 1.63 bits per heavy atom. The van der Waals surface area contributed by atoms with Gasteiger partial charge in [-0.2, -0.15) is 0 Å². The highest BCUT2D eigenvalue weighted by atomic mass is 16.5. The van der Waals surface area contributed by atoms with Gasteiger partial charge in [0.25, 0.3) is 5.91 Å². The molecule has 106 valence electrons. The van der Waals surface area contributed by atoms with E-state index >= 15 is 0 Å². The van der Waals surface area contributed by atoms with E-state index in [1.165, 1.54) is 4.90 Å². The van der Waals surface area contributed by atoms with E-state index in [1.807, 2.05) is 0 Å². The molecule has 1 aromatic heterocycles. The number of amides is 1. The molecule has 0 spiro atoms.